The van der Waals surface area contributed by atoms with Gasteiger partial charge in [-0.05, 0) is 0 Å². The average molecular weight is 192 g/mol. The number of H-pyrrole nitrogens is 1. The van der Waals surface area contributed by atoms with Crippen molar-refractivity contribution in [2.24, 2.45) is 0 Å². The van der Waals surface area contributed by atoms with E-state index in [-0.39, 0.29) is 11.7 Å². The second kappa shape index (κ2) is 3.73. The second-order valence-corrected chi connectivity index (χ2v) is 2.64. The SMILES string of the molecule is O=C(NCc1cnc[nH]1)c1ccno1. The van der Waals surface area contributed by atoms with Gasteiger partial charge in [-0.25, -0.2) is 4.98 Å². The molecule has 0 aliphatic rings. The van der Waals surface area contributed by atoms with Crippen molar-refractivity contribution in [1.29, 1.82) is 0 Å². The van der Waals surface area contributed by atoms with E-state index in [4.69, 9.17) is 0 Å². The van der Waals surface area contributed by atoms with Gasteiger partial charge in [0, 0.05) is 12.3 Å². The standard InChI is InChI=1S/C8H8N4O2/c13-8(7-1-2-12-14-7)10-4-6-3-9-5-11-6/h1-3,5H,4H2,(H,9,11)(H,10,13). The van der Waals surface area contributed by atoms with E-state index in [0.717, 1.165) is 5.69 Å². The van der Waals surface area contributed by atoms with E-state index in [1.165, 1.54) is 12.3 Å². The van der Waals surface area contributed by atoms with Crippen LogP contribution in [0, 0.1) is 0 Å². The van der Waals surface area contributed by atoms with E-state index in [0.29, 0.717) is 6.54 Å². The van der Waals surface area contributed by atoms with Gasteiger partial charge in [-0.15, -0.1) is 0 Å². The summed E-state index contributed by atoms with van der Waals surface area (Å²) in [7, 11) is 0. The van der Waals surface area contributed by atoms with E-state index < -0.39 is 0 Å². The quantitative estimate of drug-likeness (QED) is 0.733. The highest BCUT2D eigenvalue weighted by atomic mass is 16.5. The van der Waals surface area contributed by atoms with Crippen molar-refractivity contribution < 1.29 is 9.32 Å². The van der Waals surface area contributed by atoms with Crippen molar-refractivity contribution in [2.45, 2.75) is 6.54 Å². The molecule has 0 bridgehead atoms. The Labute approximate surface area is 79.3 Å². The van der Waals surface area contributed by atoms with Crippen LogP contribution >= 0.6 is 0 Å². The van der Waals surface area contributed by atoms with Gasteiger partial charge in [0.25, 0.3) is 5.91 Å². The number of hydrogen-bond donors (Lipinski definition) is 2. The molecule has 72 valence electrons. The van der Waals surface area contributed by atoms with Gasteiger partial charge in [0.1, 0.15) is 0 Å². The summed E-state index contributed by atoms with van der Waals surface area (Å²) in [5.74, 6) is -0.0957. The molecule has 0 radical (unpaired) electrons. The fraction of sp³-hybridized carbons (Fsp3) is 0.125. The Morgan fingerprint density at radius 2 is 2.57 bits per heavy atom. The fourth-order valence-electron chi connectivity index (χ4n) is 0.977. The van der Waals surface area contributed by atoms with E-state index in [2.05, 4.69) is 25.0 Å². The van der Waals surface area contributed by atoms with Crippen molar-refractivity contribution in [3.63, 3.8) is 0 Å². The number of aromatic amines is 1. The molecule has 0 fully saturated rings. The first-order valence-corrected chi connectivity index (χ1v) is 4.02. The summed E-state index contributed by atoms with van der Waals surface area (Å²) in [6, 6.07) is 1.50. The van der Waals surface area contributed by atoms with Crippen molar-refractivity contribution in [3.05, 3.63) is 36.2 Å². The third-order valence-corrected chi connectivity index (χ3v) is 1.66. The first-order valence-electron chi connectivity index (χ1n) is 4.02. The van der Waals surface area contributed by atoms with E-state index in [1.807, 2.05) is 0 Å². The van der Waals surface area contributed by atoms with Crippen LogP contribution in [0.3, 0.4) is 0 Å². The van der Waals surface area contributed by atoms with Crippen LogP contribution < -0.4 is 5.32 Å². The number of hydrogen-bond acceptors (Lipinski definition) is 4. The Bertz CT molecular complexity index is 393. The van der Waals surface area contributed by atoms with Gasteiger partial charge in [0.2, 0.25) is 5.76 Å². The van der Waals surface area contributed by atoms with Crippen LogP contribution in [-0.2, 0) is 6.54 Å². The lowest BCUT2D eigenvalue weighted by molar-refractivity contribution is 0.0913. The Kier molecular flexibility index (Phi) is 2.26. The van der Waals surface area contributed by atoms with Crippen LogP contribution in [-0.4, -0.2) is 21.0 Å². The highest BCUT2D eigenvalue weighted by Gasteiger charge is 2.08. The molecule has 0 saturated heterocycles. The predicted molar refractivity (Wildman–Crippen MR) is 46.3 cm³/mol. The molecule has 6 heteroatoms. The fourth-order valence-corrected chi connectivity index (χ4v) is 0.977. The molecule has 1 amide bonds. The molecular weight excluding hydrogens is 184 g/mol. The molecule has 2 aromatic rings. The smallest absolute Gasteiger partial charge is 0.290 e. The second-order valence-electron chi connectivity index (χ2n) is 2.64. The van der Waals surface area contributed by atoms with Gasteiger partial charge in [0.05, 0.1) is 24.8 Å². The number of rotatable bonds is 3. The molecular formula is C8H8N4O2. The molecule has 0 unspecified atom stereocenters. The van der Waals surface area contributed by atoms with Gasteiger partial charge >= 0.3 is 0 Å². The zero-order valence-electron chi connectivity index (χ0n) is 7.23. The van der Waals surface area contributed by atoms with Crippen molar-refractivity contribution in [2.75, 3.05) is 0 Å². The van der Waals surface area contributed by atoms with E-state index >= 15 is 0 Å². The number of nitrogens with zero attached hydrogens (tertiary/aromatic N) is 2. The van der Waals surface area contributed by atoms with Gasteiger partial charge in [-0.3, -0.25) is 4.79 Å². The minimum atomic E-state index is -0.294. The van der Waals surface area contributed by atoms with Crippen LogP contribution in [0.1, 0.15) is 16.2 Å². The summed E-state index contributed by atoms with van der Waals surface area (Å²) in [6.45, 7) is 0.388. The van der Waals surface area contributed by atoms with Crippen LogP contribution in [0.15, 0.2) is 29.3 Å². The maximum Gasteiger partial charge on any atom is 0.290 e. The van der Waals surface area contributed by atoms with Crippen molar-refractivity contribution in [3.8, 4) is 0 Å². The lowest BCUT2D eigenvalue weighted by atomic mass is 10.4. The maximum absolute atomic E-state index is 11.3. The zero-order valence-corrected chi connectivity index (χ0v) is 7.23. The van der Waals surface area contributed by atoms with Crippen LogP contribution in [0.2, 0.25) is 0 Å². The molecule has 0 atom stereocenters. The summed E-state index contributed by atoms with van der Waals surface area (Å²) >= 11 is 0. The van der Waals surface area contributed by atoms with E-state index in [1.54, 1.807) is 12.5 Å². The van der Waals surface area contributed by atoms with E-state index in [9.17, 15) is 4.79 Å². The Morgan fingerprint density at radius 1 is 1.64 bits per heavy atom. The molecule has 0 aliphatic carbocycles. The number of carbonyl (C=O) groups excluding carboxylic acids is 1. The summed E-state index contributed by atoms with van der Waals surface area (Å²) in [5.41, 5.74) is 0.831. The number of imidazole rings is 1. The van der Waals surface area contributed by atoms with Crippen molar-refractivity contribution in [1.82, 2.24) is 20.4 Å². The minimum Gasteiger partial charge on any atom is -0.351 e. The molecule has 0 aliphatic heterocycles. The molecule has 2 aromatic heterocycles. The first-order chi connectivity index (χ1) is 6.86. The molecule has 2 N–H and O–H groups in total. The predicted octanol–water partition coefficient (Wildman–Crippen LogP) is 0.328. The minimum absolute atomic E-state index is 0.199. The van der Waals surface area contributed by atoms with Crippen molar-refractivity contribution >= 4 is 5.91 Å². The molecule has 2 rings (SSSR count). The Morgan fingerprint density at radius 3 is 3.21 bits per heavy atom. The largest absolute Gasteiger partial charge is 0.351 e. The first kappa shape index (κ1) is 8.49. The van der Waals surface area contributed by atoms with Crippen LogP contribution in [0.5, 0.6) is 0 Å². The third-order valence-electron chi connectivity index (χ3n) is 1.66. The monoisotopic (exact) mass is 192 g/mol. The normalized spacial score (nSPS) is 10.0. The van der Waals surface area contributed by atoms with Crippen LogP contribution in [0.4, 0.5) is 0 Å². The topological polar surface area (TPSA) is 83.8 Å². The summed E-state index contributed by atoms with van der Waals surface area (Å²) < 4.78 is 4.68. The zero-order chi connectivity index (χ0) is 9.80. The van der Waals surface area contributed by atoms with Gasteiger partial charge in [-0.1, -0.05) is 5.16 Å². The average Bonchev–Trinajstić information content (AvgIpc) is 2.87. The van der Waals surface area contributed by atoms with Gasteiger partial charge < -0.3 is 14.8 Å². The molecule has 6 nitrogen and oxygen atoms in total. The molecule has 0 aromatic carbocycles. The molecule has 2 heterocycles. The highest BCUT2D eigenvalue weighted by Crippen LogP contribution is 1.97. The number of carbonyl (C=O) groups is 1. The maximum atomic E-state index is 11.3. The summed E-state index contributed by atoms with van der Waals surface area (Å²) in [6.07, 6.45) is 4.61. The van der Waals surface area contributed by atoms with Gasteiger partial charge in [-0.2, -0.15) is 0 Å². The summed E-state index contributed by atoms with van der Waals surface area (Å²) in [5, 5.41) is 6.08. The molecule has 0 spiro atoms. The molecule has 14 heavy (non-hydrogen) atoms. The Hall–Kier alpha value is -2.11. The lowest BCUT2D eigenvalue weighted by Gasteiger charge is -1.98. The Balaban J connectivity index is 1.90. The van der Waals surface area contributed by atoms with Crippen LogP contribution in [0.25, 0.3) is 0 Å². The number of nitrogens with one attached hydrogen (secondary N) is 2. The summed E-state index contributed by atoms with van der Waals surface area (Å²) in [4.78, 5) is 18.0. The third kappa shape index (κ3) is 1.79. The highest BCUT2D eigenvalue weighted by molar-refractivity contribution is 5.91. The van der Waals surface area contributed by atoms with Gasteiger partial charge in [0.15, 0.2) is 0 Å². The molecule has 0 saturated carbocycles. The number of amides is 1. The number of aromatic nitrogens is 3. The lowest BCUT2D eigenvalue weighted by Crippen LogP contribution is -2.22.